The lowest BCUT2D eigenvalue weighted by atomic mass is 9.82. The third-order valence-electron chi connectivity index (χ3n) is 2.75. The first-order valence-corrected chi connectivity index (χ1v) is 5.38. The van der Waals surface area contributed by atoms with Crippen molar-refractivity contribution in [3.8, 4) is 0 Å². The van der Waals surface area contributed by atoms with Gasteiger partial charge >= 0.3 is 0 Å². The van der Waals surface area contributed by atoms with Crippen LogP contribution in [0.5, 0.6) is 0 Å². The lowest BCUT2D eigenvalue weighted by Gasteiger charge is -2.32. The van der Waals surface area contributed by atoms with E-state index in [4.69, 9.17) is 23.2 Å². The Kier molecular flexibility index (Phi) is 3.48. The molecule has 0 aromatic carbocycles. The highest BCUT2D eigenvalue weighted by Gasteiger charge is 2.31. The molecule has 0 nitrogen and oxygen atoms in total. The fourth-order valence-electron chi connectivity index (χ4n) is 1.62. The number of hydrogen-bond donors (Lipinski definition) is 0. The van der Waals surface area contributed by atoms with Gasteiger partial charge < -0.3 is 0 Å². The van der Waals surface area contributed by atoms with Crippen molar-refractivity contribution in [2.75, 3.05) is 5.88 Å². The van der Waals surface area contributed by atoms with Crippen LogP contribution in [-0.2, 0) is 0 Å². The van der Waals surface area contributed by atoms with Gasteiger partial charge in [-0.3, -0.25) is 0 Å². The van der Waals surface area contributed by atoms with Crippen molar-refractivity contribution < 1.29 is 0 Å². The second-order valence-electron chi connectivity index (χ2n) is 3.93. The molecule has 0 aromatic heterocycles. The van der Waals surface area contributed by atoms with E-state index in [1.165, 1.54) is 18.4 Å². The lowest BCUT2D eigenvalue weighted by molar-refractivity contribution is 0.380. The highest BCUT2D eigenvalue weighted by molar-refractivity contribution is 6.30. The Bertz CT molecular complexity index is 182. The van der Waals surface area contributed by atoms with Crippen molar-refractivity contribution in [3.63, 3.8) is 0 Å². The van der Waals surface area contributed by atoms with Crippen LogP contribution in [0, 0.1) is 5.92 Å². The van der Waals surface area contributed by atoms with Gasteiger partial charge in [0.05, 0.1) is 4.87 Å². The molecule has 0 aromatic rings. The Morgan fingerprint density at radius 2 is 2.33 bits per heavy atom. The summed E-state index contributed by atoms with van der Waals surface area (Å²) in [6, 6.07) is 0. The first-order valence-electron chi connectivity index (χ1n) is 4.47. The fraction of sp³-hybridized carbons (Fsp3) is 0.800. The molecule has 1 unspecified atom stereocenters. The summed E-state index contributed by atoms with van der Waals surface area (Å²) in [5.74, 6) is 1.10. The SMILES string of the molecule is CC1=CC[C@H](C(C)(Cl)CCl)CC1. The molecule has 0 bridgehead atoms. The minimum atomic E-state index is -0.210. The lowest BCUT2D eigenvalue weighted by Crippen LogP contribution is -2.31. The predicted molar refractivity (Wildman–Crippen MR) is 56.1 cm³/mol. The van der Waals surface area contributed by atoms with Crippen molar-refractivity contribution in [1.29, 1.82) is 0 Å². The van der Waals surface area contributed by atoms with Crippen molar-refractivity contribution in [1.82, 2.24) is 0 Å². The van der Waals surface area contributed by atoms with E-state index >= 15 is 0 Å². The zero-order valence-electron chi connectivity index (χ0n) is 7.74. The molecule has 0 amide bonds. The maximum Gasteiger partial charge on any atom is 0.0584 e. The number of allylic oxidation sites excluding steroid dienone is 2. The summed E-state index contributed by atoms with van der Waals surface area (Å²) in [4.78, 5) is -0.210. The third-order valence-corrected chi connectivity index (χ3v) is 3.88. The van der Waals surface area contributed by atoms with E-state index < -0.39 is 0 Å². The molecule has 0 aliphatic heterocycles. The molecule has 0 radical (unpaired) electrons. The number of alkyl halides is 2. The normalized spacial score (nSPS) is 29.3. The molecule has 2 atom stereocenters. The van der Waals surface area contributed by atoms with Crippen molar-refractivity contribution in [2.24, 2.45) is 5.92 Å². The quantitative estimate of drug-likeness (QED) is 0.474. The molecule has 0 saturated heterocycles. The maximum atomic E-state index is 6.29. The molecule has 2 heteroatoms. The van der Waals surface area contributed by atoms with Crippen LogP contribution in [0.3, 0.4) is 0 Å². The van der Waals surface area contributed by atoms with Crippen LogP contribution in [0.1, 0.15) is 33.1 Å². The minimum Gasteiger partial charge on any atom is -0.125 e. The van der Waals surface area contributed by atoms with E-state index in [2.05, 4.69) is 13.0 Å². The number of hydrogen-bond acceptors (Lipinski definition) is 0. The molecule has 0 saturated carbocycles. The summed E-state index contributed by atoms with van der Waals surface area (Å²) < 4.78 is 0. The van der Waals surface area contributed by atoms with E-state index in [1.54, 1.807) is 0 Å². The summed E-state index contributed by atoms with van der Waals surface area (Å²) in [5, 5.41) is 0. The first kappa shape index (κ1) is 10.4. The van der Waals surface area contributed by atoms with Gasteiger partial charge in [-0.25, -0.2) is 0 Å². The van der Waals surface area contributed by atoms with Crippen LogP contribution in [0.25, 0.3) is 0 Å². The zero-order chi connectivity index (χ0) is 9.19. The van der Waals surface area contributed by atoms with Crippen LogP contribution in [-0.4, -0.2) is 10.8 Å². The highest BCUT2D eigenvalue weighted by Crippen LogP contribution is 2.36. The summed E-state index contributed by atoms with van der Waals surface area (Å²) >= 11 is 12.1. The fourth-order valence-corrected chi connectivity index (χ4v) is 2.04. The summed E-state index contributed by atoms with van der Waals surface area (Å²) in [5.41, 5.74) is 1.49. The maximum absolute atomic E-state index is 6.29. The van der Waals surface area contributed by atoms with Gasteiger partial charge in [-0.05, 0) is 39.0 Å². The van der Waals surface area contributed by atoms with Gasteiger partial charge in [-0.2, -0.15) is 0 Å². The molecular weight excluding hydrogens is 191 g/mol. The number of rotatable bonds is 2. The Hall–Kier alpha value is 0.320. The Morgan fingerprint density at radius 1 is 1.67 bits per heavy atom. The van der Waals surface area contributed by atoms with Gasteiger partial charge in [-0.1, -0.05) is 11.6 Å². The van der Waals surface area contributed by atoms with Crippen molar-refractivity contribution >= 4 is 23.2 Å². The molecule has 0 fully saturated rings. The van der Waals surface area contributed by atoms with E-state index in [0.717, 1.165) is 6.42 Å². The van der Waals surface area contributed by atoms with Crippen LogP contribution in [0.15, 0.2) is 11.6 Å². The first-order chi connectivity index (χ1) is 5.56. The average molecular weight is 207 g/mol. The van der Waals surface area contributed by atoms with Crippen LogP contribution >= 0.6 is 23.2 Å². The second kappa shape index (κ2) is 4.02. The monoisotopic (exact) mass is 206 g/mol. The zero-order valence-corrected chi connectivity index (χ0v) is 9.25. The third kappa shape index (κ3) is 2.40. The molecule has 1 aliphatic rings. The van der Waals surface area contributed by atoms with Crippen LogP contribution in [0.4, 0.5) is 0 Å². The van der Waals surface area contributed by atoms with Crippen molar-refractivity contribution in [2.45, 2.75) is 38.0 Å². The van der Waals surface area contributed by atoms with Gasteiger partial charge in [-0.15, -0.1) is 23.2 Å². The molecule has 1 aliphatic carbocycles. The summed E-state index contributed by atoms with van der Waals surface area (Å²) in [7, 11) is 0. The van der Waals surface area contributed by atoms with Crippen LogP contribution in [0.2, 0.25) is 0 Å². The molecular formula is C10H16Cl2. The molecule has 1 rings (SSSR count). The molecule has 0 N–H and O–H groups in total. The summed E-state index contributed by atoms with van der Waals surface area (Å²) in [6.07, 6.45) is 5.76. The number of halogens is 2. The highest BCUT2D eigenvalue weighted by atomic mass is 35.5. The Morgan fingerprint density at radius 3 is 2.75 bits per heavy atom. The Labute approximate surface area is 84.9 Å². The second-order valence-corrected chi connectivity index (χ2v) is 5.06. The van der Waals surface area contributed by atoms with Crippen LogP contribution < -0.4 is 0 Å². The molecule has 0 spiro atoms. The van der Waals surface area contributed by atoms with E-state index in [-0.39, 0.29) is 4.87 Å². The topological polar surface area (TPSA) is 0 Å². The van der Waals surface area contributed by atoms with E-state index in [1.807, 2.05) is 6.92 Å². The van der Waals surface area contributed by atoms with E-state index in [9.17, 15) is 0 Å². The smallest absolute Gasteiger partial charge is 0.0584 e. The van der Waals surface area contributed by atoms with E-state index in [0.29, 0.717) is 11.8 Å². The van der Waals surface area contributed by atoms with Gasteiger partial charge in [0.25, 0.3) is 0 Å². The Balaban J connectivity index is 2.56. The standard InChI is InChI=1S/C10H16Cl2/c1-8-3-5-9(6-4-8)10(2,12)7-11/h3,9H,4-7H2,1-2H3/t9-,10?/m0/s1. The van der Waals surface area contributed by atoms with Gasteiger partial charge in [0.2, 0.25) is 0 Å². The molecule has 70 valence electrons. The largest absolute Gasteiger partial charge is 0.125 e. The van der Waals surface area contributed by atoms with Gasteiger partial charge in [0.1, 0.15) is 0 Å². The molecule has 0 heterocycles. The molecule has 12 heavy (non-hydrogen) atoms. The van der Waals surface area contributed by atoms with Gasteiger partial charge in [0, 0.05) is 5.88 Å². The minimum absolute atomic E-state index is 0.210. The predicted octanol–water partition coefficient (Wildman–Crippen LogP) is 3.97. The van der Waals surface area contributed by atoms with Gasteiger partial charge in [0.15, 0.2) is 0 Å². The van der Waals surface area contributed by atoms with Crippen molar-refractivity contribution in [3.05, 3.63) is 11.6 Å². The average Bonchev–Trinajstić information content (AvgIpc) is 2.05. The summed E-state index contributed by atoms with van der Waals surface area (Å²) in [6.45, 7) is 4.23.